The number of fused-ring (bicyclic) bond motifs is 1. The minimum atomic E-state index is -0.129. The highest BCUT2D eigenvalue weighted by molar-refractivity contribution is 9.10. The van der Waals surface area contributed by atoms with Crippen molar-refractivity contribution >= 4 is 39.2 Å². The molecule has 0 bridgehead atoms. The molecule has 8 heteroatoms. The highest BCUT2D eigenvalue weighted by Crippen LogP contribution is 2.12. The van der Waals surface area contributed by atoms with Crippen molar-refractivity contribution in [2.45, 2.75) is 32.6 Å². The van der Waals surface area contributed by atoms with Gasteiger partial charge in [-0.3, -0.25) is 14.0 Å². The molecule has 0 aromatic carbocycles. The van der Waals surface area contributed by atoms with Crippen molar-refractivity contribution in [2.24, 2.45) is 0 Å². The van der Waals surface area contributed by atoms with Crippen LogP contribution < -0.4 is 10.6 Å². The lowest BCUT2D eigenvalue weighted by Crippen LogP contribution is -2.26. The standard InChI is InChI=1S/C20H22BrN5O2/c1-14-19(26-12-6-4-7-17(26)24-14)20(28)22-11-5-2-3-8-18(27)25-16-10-9-15(21)13-23-16/h4,6-7,9-10,12-13H,2-3,5,8,11H2,1H3,(H,22,28)(H,23,25,27). The second-order valence-electron chi connectivity index (χ2n) is 6.45. The molecule has 28 heavy (non-hydrogen) atoms. The van der Waals surface area contributed by atoms with E-state index in [2.05, 4.69) is 36.5 Å². The van der Waals surface area contributed by atoms with Gasteiger partial charge in [-0.1, -0.05) is 12.5 Å². The molecular formula is C20H22BrN5O2. The third-order valence-electron chi connectivity index (χ3n) is 4.28. The smallest absolute Gasteiger partial charge is 0.270 e. The zero-order chi connectivity index (χ0) is 19.9. The van der Waals surface area contributed by atoms with Crippen molar-refractivity contribution in [3.8, 4) is 0 Å². The summed E-state index contributed by atoms with van der Waals surface area (Å²) in [6.45, 7) is 2.40. The molecule has 0 spiro atoms. The first kappa shape index (κ1) is 20.0. The zero-order valence-corrected chi connectivity index (χ0v) is 17.2. The predicted molar refractivity (Wildman–Crippen MR) is 111 cm³/mol. The van der Waals surface area contributed by atoms with Crippen LogP contribution in [0.1, 0.15) is 41.9 Å². The number of carbonyl (C=O) groups excluding carboxylic acids is 2. The molecule has 2 N–H and O–H groups in total. The molecule has 0 aliphatic rings. The van der Waals surface area contributed by atoms with Crippen molar-refractivity contribution in [1.29, 1.82) is 0 Å². The van der Waals surface area contributed by atoms with Crippen LogP contribution in [0.3, 0.4) is 0 Å². The summed E-state index contributed by atoms with van der Waals surface area (Å²) >= 11 is 3.31. The SMILES string of the molecule is Cc1nc2ccccn2c1C(=O)NCCCCCC(=O)Nc1ccc(Br)cn1. The van der Waals surface area contributed by atoms with E-state index in [0.29, 0.717) is 30.2 Å². The van der Waals surface area contributed by atoms with Crippen LogP contribution in [0.4, 0.5) is 5.82 Å². The van der Waals surface area contributed by atoms with Gasteiger partial charge < -0.3 is 10.6 Å². The number of pyridine rings is 2. The number of rotatable bonds is 8. The number of aryl methyl sites for hydroxylation is 1. The third-order valence-corrected chi connectivity index (χ3v) is 4.75. The molecule has 0 fully saturated rings. The molecule has 146 valence electrons. The van der Waals surface area contributed by atoms with E-state index in [1.165, 1.54) is 0 Å². The Labute approximate surface area is 171 Å². The Hall–Kier alpha value is -2.74. The van der Waals surface area contributed by atoms with Gasteiger partial charge in [-0.25, -0.2) is 9.97 Å². The molecule has 0 aliphatic heterocycles. The van der Waals surface area contributed by atoms with Crippen LogP contribution in [0.5, 0.6) is 0 Å². The fourth-order valence-corrected chi connectivity index (χ4v) is 3.15. The summed E-state index contributed by atoms with van der Waals surface area (Å²) in [5.74, 6) is 0.360. The Morgan fingerprint density at radius 1 is 1.14 bits per heavy atom. The molecule has 7 nitrogen and oxygen atoms in total. The van der Waals surface area contributed by atoms with Crippen molar-refractivity contribution < 1.29 is 9.59 Å². The molecule has 3 aromatic rings. The lowest BCUT2D eigenvalue weighted by molar-refractivity contribution is -0.116. The van der Waals surface area contributed by atoms with Gasteiger partial charge in [-0.05, 0) is 60.0 Å². The maximum absolute atomic E-state index is 12.5. The number of nitrogens with one attached hydrogen (secondary N) is 2. The maximum Gasteiger partial charge on any atom is 0.270 e. The van der Waals surface area contributed by atoms with Gasteiger partial charge in [0.1, 0.15) is 17.2 Å². The number of unbranched alkanes of at least 4 members (excludes halogenated alkanes) is 2. The summed E-state index contributed by atoms with van der Waals surface area (Å²) in [4.78, 5) is 32.9. The van der Waals surface area contributed by atoms with Crippen LogP contribution in [0.15, 0.2) is 47.2 Å². The number of anilines is 1. The number of carbonyl (C=O) groups is 2. The lowest BCUT2D eigenvalue weighted by atomic mass is 10.2. The molecule has 3 aromatic heterocycles. The largest absolute Gasteiger partial charge is 0.351 e. The Bertz CT molecular complexity index is 968. The molecule has 3 heterocycles. The molecule has 0 saturated carbocycles. The number of amides is 2. The summed E-state index contributed by atoms with van der Waals surface area (Å²) in [6.07, 6.45) is 6.33. The van der Waals surface area contributed by atoms with Crippen LogP contribution >= 0.6 is 15.9 Å². The minimum absolute atomic E-state index is 0.0554. The number of halogens is 1. The molecule has 0 atom stereocenters. The van der Waals surface area contributed by atoms with E-state index in [1.54, 1.807) is 16.7 Å². The molecular weight excluding hydrogens is 422 g/mol. The van der Waals surface area contributed by atoms with Gasteiger partial charge in [-0.15, -0.1) is 0 Å². The Morgan fingerprint density at radius 3 is 2.79 bits per heavy atom. The van der Waals surface area contributed by atoms with Crippen LogP contribution in [0, 0.1) is 6.92 Å². The van der Waals surface area contributed by atoms with E-state index < -0.39 is 0 Å². The topological polar surface area (TPSA) is 88.4 Å². The van der Waals surface area contributed by atoms with Crippen molar-refractivity contribution in [2.75, 3.05) is 11.9 Å². The Morgan fingerprint density at radius 2 is 2.00 bits per heavy atom. The minimum Gasteiger partial charge on any atom is -0.351 e. The number of imidazole rings is 1. The first-order valence-corrected chi connectivity index (χ1v) is 9.97. The van der Waals surface area contributed by atoms with Crippen LogP contribution in [-0.4, -0.2) is 32.7 Å². The van der Waals surface area contributed by atoms with Gasteiger partial charge in [0.15, 0.2) is 0 Å². The zero-order valence-electron chi connectivity index (χ0n) is 15.6. The van der Waals surface area contributed by atoms with Gasteiger partial charge in [0, 0.05) is 29.8 Å². The fraction of sp³-hybridized carbons (Fsp3) is 0.300. The van der Waals surface area contributed by atoms with Gasteiger partial charge >= 0.3 is 0 Å². The molecule has 0 saturated heterocycles. The predicted octanol–water partition coefficient (Wildman–Crippen LogP) is 3.73. The van der Waals surface area contributed by atoms with Crippen molar-refractivity contribution in [1.82, 2.24) is 19.7 Å². The monoisotopic (exact) mass is 443 g/mol. The van der Waals surface area contributed by atoms with Gasteiger partial charge in [0.05, 0.1) is 5.69 Å². The summed E-state index contributed by atoms with van der Waals surface area (Å²) < 4.78 is 2.66. The average molecular weight is 444 g/mol. The van der Waals surface area contributed by atoms with E-state index in [4.69, 9.17) is 0 Å². The summed E-state index contributed by atoms with van der Waals surface area (Å²) in [7, 11) is 0. The second-order valence-corrected chi connectivity index (χ2v) is 7.37. The van der Waals surface area contributed by atoms with Crippen LogP contribution in [0.25, 0.3) is 5.65 Å². The summed E-state index contributed by atoms with van der Waals surface area (Å²) in [5, 5.41) is 5.71. The van der Waals surface area contributed by atoms with E-state index >= 15 is 0 Å². The van der Waals surface area contributed by atoms with E-state index in [1.807, 2.05) is 37.4 Å². The van der Waals surface area contributed by atoms with Crippen LogP contribution in [-0.2, 0) is 4.79 Å². The second kappa shape index (κ2) is 9.45. The number of nitrogens with zero attached hydrogens (tertiary/aromatic N) is 3. The van der Waals surface area contributed by atoms with Crippen LogP contribution in [0.2, 0.25) is 0 Å². The van der Waals surface area contributed by atoms with E-state index in [9.17, 15) is 9.59 Å². The van der Waals surface area contributed by atoms with Gasteiger partial charge in [0.2, 0.25) is 5.91 Å². The lowest BCUT2D eigenvalue weighted by Gasteiger charge is -2.07. The third kappa shape index (κ3) is 5.16. The summed E-state index contributed by atoms with van der Waals surface area (Å²) in [6, 6.07) is 9.22. The van der Waals surface area contributed by atoms with E-state index in [-0.39, 0.29) is 11.8 Å². The average Bonchev–Trinajstić information content (AvgIpc) is 3.02. The quantitative estimate of drug-likeness (QED) is 0.519. The summed E-state index contributed by atoms with van der Waals surface area (Å²) in [5.41, 5.74) is 2.04. The molecule has 3 rings (SSSR count). The molecule has 0 aliphatic carbocycles. The Balaban J connectivity index is 1.36. The normalized spacial score (nSPS) is 10.8. The number of aromatic nitrogens is 3. The van der Waals surface area contributed by atoms with Gasteiger partial charge in [-0.2, -0.15) is 0 Å². The molecule has 0 radical (unpaired) electrons. The van der Waals surface area contributed by atoms with Crippen molar-refractivity contribution in [3.05, 3.63) is 58.6 Å². The number of hydrogen-bond donors (Lipinski definition) is 2. The maximum atomic E-state index is 12.5. The van der Waals surface area contributed by atoms with Crippen molar-refractivity contribution in [3.63, 3.8) is 0 Å². The Kier molecular flexibility index (Phi) is 6.76. The molecule has 2 amide bonds. The fourth-order valence-electron chi connectivity index (χ4n) is 2.92. The first-order chi connectivity index (χ1) is 13.5. The van der Waals surface area contributed by atoms with E-state index in [0.717, 1.165) is 29.4 Å². The molecule has 0 unspecified atom stereocenters. The first-order valence-electron chi connectivity index (χ1n) is 9.18. The number of hydrogen-bond acceptors (Lipinski definition) is 4. The van der Waals surface area contributed by atoms with Gasteiger partial charge in [0.25, 0.3) is 5.91 Å². The highest BCUT2D eigenvalue weighted by atomic mass is 79.9. The highest BCUT2D eigenvalue weighted by Gasteiger charge is 2.15.